The Kier molecular flexibility index (Phi) is 5.75. The van der Waals surface area contributed by atoms with Crippen LogP contribution >= 0.6 is 11.6 Å². The van der Waals surface area contributed by atoms with E-state index >= 15 is 0 Å². The SMILES string of the molecule is Cc1ccc(OCCCCNc2cccc(Cl)c2)cc1. The standard InChI is InChI=1S/C17H20ClNO/c1-14-7-9-17(10-8-14)20-12-3-2-11-19-16-6-4-5-15(18)13-16/h4-10,13,19H,2-3,11-12H2,1H3. The molecule has 2 nitrogen and oxygen atoms in total. The maximum Gasteiger partial charge on any atom is 0.119 e. The summed E-state index contributed by atoms with van der Waals surface area (Å²) in [4.78, 5) is 0. The second-order valence-electron chi connectivity index (χ2n) is 4.81. The second kappa shape index (κ2) is 7.81. The molecule has 0 unspecified atom stereocenters. The Balaban J connectivity index is 1.59. The van der Waals surface area contributed by atoms with Gasteiger partial charge in [-0.15, -0.1) is 0 Å². The predicted octanol–water partition coefficient (Wildman–Crippen LogP) is 4.92. The minimum absolute atomic E-state index is 0.750. The number of ether oxygens (including phenoxy) is 1. The molecule has 1 N–H and O–H groups in total. The predicted molar refractivity (Wildman–Crippen MR) is 85.8 cm³/mol. The lowest BCUT2D eigenvalue weighted by atomic mass is 10.2. The first kappa shape index (κ1) is 14.7. The largest absolute Gasteiger partial charge is 0.494 e. The van der Waals surface area contributed by atoms with Crippen molar-refractivity contribution in [2.24, 2.45) is 0 Å². The summed E-state index contributed by atoms with van der Waals surface area (Å²) in [5, 5.41) is 4.11. The van der Waals surface area contributed by atoms with Crippen LogP contribution in [0.3, 0.4) is 0 Å². The molecule has 3 heteroatoms. The molecule has 0 atom stereocenters. The van der Waals surface area contributed by atoms with Gasteiger partial charge in [-0.1, -0.05) is 35.4 Å². The van der Waals surface area contributed by atoms with Crippen LogP contribution in [0.5, 0.6) is 5.75 Å². The summed E-state index contributed by atoms with van der Waals surface area (Å²) < 4.78 is 5.68. The van der Waals surface area contributed by atoms with Crippen molar-refractivity contribution in [2.45, 2.75) is 19.8 Å². The molecule has 0 spiro atoms. The first-order chi connectivity index (χ1) is 9.74. The maximum atomic E-state index is 5.93. The molecular weight excluding hydrogens is 270 g/mol. The van der Waals surface area contributed by atoms with E-state index in [1.807, 2.05) is 36.4 Å². The number of benzene rings is 2. The van der Waals surface area contributed by atoms with Gasteiger partial charge in [0, 0.05) is 17.3 Å². The molecule has 106 valence electrons. The summed E-state index contributed by atoms with van der Waals surface area (Å²) in [6, 6.07) is 15.9. The van der Waals surface area contributed by atoms with Crippen LogP contribution in [-0.2, 0) is 0 Å². The summed E-state index contributed by atoms with van der Waals surface area (Å²) in [6.07, 6.45) is 2.10. The summed E-state index contributed by atoms with van der Waals surface area (Å²) in [5.41, 5.74) is 2.32. The molecule has 2 aromatic carbocycles. The number of halogens is 1. The van der Waals surface area contributed by atoms with E-state index in [0.29, 0.717) is 0 Å². The van der Waals surface area contributed by atoms with E-state index in [0.717, 1.165) is 42.5 Å². The van der Waals surface area contributed by atoms with E-state index in [1.165, 1.54) is 5.56 Å². The van der Waals surface area contributed by atoms with Gasteiger partial charge in [-0.25, -0.2) is 0 Å². The zero-order valence-electron chi connectivity index (χ0n) is 11.7. The molecule has 0 aliphatic carbocycles. The van der Waals surface area contributed by atoms with Gasteiger partial charge in [0.1, 0.15) is 5.75 Å². The first-order valence-corrected chi connectivity index (χ1v) is 7.31. The van der Waals surface area contributed by atoms with Crippen LogP contribution in [0.4, 0.5) is 5.69 Å². The van der Waals surface area contributed by atoms with Gasteiger partial charge >= 0.3 is 0 Å². The first-order valence-electron chi connectivity index (χ1n) is 6.93. The molecule has 0 amide bonds. The fourth-order valence-electron chi connectivity index (χ4n) is 1.88. The van der Waals surface area contributed by atoms with Crippen LogP contribution in [0.25, 0.3) is 0 Å². The molecule has 0 fully saturated rings. The molecule has 0 radical (unpaired) electrons. The molecule has 0 saturated carbocycles. The van der Waals surface area contributed by atoms with Crippen molar-refractivity contribution >= 4 is 17.3 Å². The van der Waals surface area contributed by atoms with Gasteiger partial charge in [0.25, 0.3) is 0 Å². The van der Waals surface area contributed by atoms with E-state index in [4.69, 9.17) is 16.3 Å². The Morgan fingerprint density at radius 1 is 1.05 bits per heavy atom. The number of rotatable bonds is 7. The van der Waals surface area contributed by atoms with E-state index in [9.17, 15) is 0 Å². The van der Waals surface area contributed by atoms with Crippen molar-refractivity contribution in [3.63, 3.8) is 0 Å². The highest BCUT2D eigenvalue weighted by Gasteiger charge is 1.95. The summed E-state index contributed by atoms with van der Waals surface area (Å²) >= 11 is 5.93. The fraction of sp³-hybridized carbons (Fsp3) is 0.294. The van der Waals surface area contributed by atoms with Crippen molar-refractivity contribution < 1.29 is 4.74 Å². The van der Waals surface area contributed by atoms with Crippen LogP contribution in [0, 0.1) is 6.92 Å². The van der Waals surface area contributed by atoms with Gasteiger partial charge in [0.15, 0.2) is 0 Å². The summed E-state index contributed by atoms with van der Waals surface area (Å²) in [6.45, 7) is 3.75. The van der Waals surface area contributed by atoms with Gasteiger partial charge in [-0.2, -0.15) is 0 Å². The second-order valence-corrected chi connectivity index (χ2v) is 5.24. The van der Waals surface area contributed by atoms with Crippen LogP contribution < -0.4 is 10.1 Å². The van der Waals surface area contributed by atoms with Gasteiger partial charge in [-0.3, -0.25) is 0 Å². The van der Waals surface area contributed by atoms with Crippen molar-refractivity contribution in [1.29, 1.82) is 0 Å². The molecule has 20 heavy (non-hydrogen) atoms. The third-order valence-corrected chi connectivity index (χ3v) is 3.25. The number of hydrogen-bond acceptors (Lipinski definition) is 2. The van der Waals surface area contributed by atoms with Crippen LogP contribution in [0.2, 0.25) is 5.02 Å². The Morgan fingerprint density at radius 2 is 1.85 bits per heavy atom. The van der Waals surface area contributed by atoms with Crippen LogP contribution in [-0.4, -0.2) is 13.2 Å². The van der Waals surface area contributed by atoms with E-state index in [1.54, 1.807) is 0 Å². The van der Waals surface area contributed by atoms with Crippen molar-refractivity contribution in [3.8, 4) is 5.75 Å². The maximum absolute atomic E-state index is 5.93. The summed E-state index contributed by atoms with van der Waals surface area (Å²) in [7, 11) is 0. The minimum Gasteiger partial charge on any atom is -0.494 e. The molecule has 0 aliphatic rings. The number of hydrogen-bond donors (Lipinski definition) is 1. The van der Waals surface area contributed by atoms with Crippen molar-refractivity contribution in [1.82, 2.24) is 0 Å². The van der Waals surface area contributed by atoms with Gasteiger partial charge < -0.3 is 10.1 Å². The molecule has 0 bridgehead atoms. The summed E-state index contributed by atoms with van der Waals surface area (Å²) in [5.74, 6) is 0.943. The molecule has 0 heterocycles. The van der Waals surface area contributed by atoms with Crippen molar-refractivity contribution in [3.05, 3.63) is 59.1 Å². The third kappa shape index (κ3) is 5.14. The smallest absolute Gasteiger partial charge is 0.119 e. The Labute approximate surface area is 125 Å². The topological polar surface area (TPSA) is 21.3 Å². The van der Waals surface area contributed by atoms with Gasteiger partial charge in [0.2, 0.25) is 0 Å². The highest BCUT2D eigenvalue weighted by atomic mass is 35.5. The lowest BCUT2D eigenvalue weighted by Crippen LogP contribution is -2.04. The Hall–Kier alpha value is -1.67. The van der Waals surface area contributed by atoms with Gasteiger partial charge in [0.05, 0.1) is 6.61 Å². The van der Waals surface area contributed by atoms with Crippen LogP contribution in [0.1, 0.15) is 18.4 Å². The lowest BCUT2D eigenvalue weighted by Gasteiger charge is -2.08. The third-order valence-electron chi connectivity index (χ3n) is 3.01. The average Bonchev–Trinajstić information content (AvgIpc) is 2.45. The van der Waals surface area contributed by atoms with Gasteiger partial charge in [-0.05, 0) is 50.1 Å². The zero-order valence-corrected chi connectivity index (χ0v) is 12.5. The minimum atomic E-state index is 0.750. The number of aryl methyl sites for hydroxylation is 1. The Bertz CT molecular complexity index is 525. The number of nitrogens with one attached hydrogen (secondary N) is 1. The van der Waals surface area contributed by atoms with E-state index in [2.05, 4.69) is 24.4 Å². The number of unbranched alkanes of at least 4 members (excludes halogenated alkanes) is 1. The van der Waals surface area contributed by atoms with Crippen LogP contribution in [0.15, 0.2) is 48.5 Å². The quantitative estimate of drug-likeness (QED) is 0.731. The normalized spacial score (nSPS) is 10.3. The molecule has 0 aliphatic heterocycles. The fourth-order valence-corrected chi connectivity index (χ4v) is 2.07. The highest BCUT2D eigenvalue weighted by Crippen LogP contribution is 2.15. The number of anilines is 1. The molecule has 0 aromatic heterocycles. The van der Waals surface area contributed by atoms with Crippen molar-refractivity contribution in [2.75, 3.05) is 18.5 Å². The molecular formula is C17H20ClNO. The molecule has 2 aromatic rings. The highest BCUT2D eigenvalue weighted by molar-refractivity contribution is 6.30. The molecule has 0 saturated heterocycles. The molecule has 2 rings (SSSR count). The lowest BCUT2D eigenvalue weighted by molar-refractivity contribution is 0.308. The average molecular weight is 290 g/mol. The Morgan fingerprint density at radius 3 is 2.60 bits per heavy atom. The zero-order chi connectivity index (χ0) is 14.2. The van der Waals surface area contributed by atoms with E-state index < -0.39 is 0 Å². The van der Waals surface area contributed by atoms with E-state index in [-0.39, 0.29) is 0 Å². The monoisotopic (exact) mass is 289 g/mol.